The van der Waals surface area contributed by atoms with Crippen molar-refractivity contribution in [3.63, 3.8) is 0 Å². The lowest BCUT2D eigenvalue weighted by atomic mass is 9.59. The standard InChI is InChI=1S/C19H24O5/c1-9-7-18-8-10(9)3-4-11(18)19-6-5-12(20)17(2,16(23)24-19)14(19)13(18)15(21)22/h10-14,20H,1,3-8H2,2H3,(H,21,22)/t10-,11-,12+,13-,14-,17?,18+,19-/m1/s1. The summed E-state index contributed by atoms with van der Waals surface area (Å²) in [5.41, 5.74) is -0.953. The maximum Gasteiger partial charge on any atom is 0.315 e. The molecular weight excluding hydrogens is 308 g/mol. The lowest BCUT2D eigenvalue weighted by Gasteiger charge is -2.44. The summed E-state index contributed by atoms with van der Waals surface area (Å²) in [6, 6.07) is 0. The number of carboxylic acid groups (broad SMARTS) is 1. The number of carbonyl (C=O) groups excluding carboxylic acids is 1. The van der Waals surface area contributed by atoms with Gasteiger partial charge in [0.2, 0.25) is 0 Å². The van der Waals surface area contributed by atoms with E-state index >= 15 is 0 Å². The topological polar surface area (TPSA) is 83.8 Å². The van der Waals surface area contributed by atoms with Gasteiger partial charge in [-0.2, -0.15) is 0 Å². The predicted octanol–water partition coefficient (Wildman–Crippen LogP) is 2.14. The summed E-state index contributed by atoms with van der Waals surface area (Å²) < 4.78 is 6.01. The van der Waals surface area contributed by atoms with Gasteiger partial charge in [0.05, 0.1) is 17.4 Å². The molecule has 5 fully saturated rings. The van der Waals surface area contributed by atoms with Gasteiger partial charge < -0.3 is 14.9 Å². The van der Waals surface area contributed by atoms with Gasteiger partial charge in [-0.15, -0.1) is 0 Å². The molecule has 0 amide bonds. The number of carbonyl (C=O) groups is 2. The van der Waals surface area contributed by atoms with Gasteiger partial charge in [0.1, 0.15) is 5.60 Å². The van der Waals surface area contributed by atoms with Crippen LogP contribution in [0.15, 0.2) is 12.2 Å². The van der Waals surface area contributed by atoms with Crippen LogP contribution < -0.4 is 0 Å². The summed E-state index contributed by atoms with van der Waals surface area (Å²) in [6.07, 6.45) is 3.81. The van der Waals surface area contributed by atoms with Crippen LogP contribution in [0.3, 0.4) is 0 Å². The lowest BCUT2D eigenvalue weighted by molar-refractivity contribution is -0.162. The first-order valence-corrected chi connectivity index (χ1v) is 9.09. The summed E-state index contributed by atoms with van der Waals surface area (Å²) >= 11 is 0. The summed E-state index contributed by atoms with van der Waals surface area (Å²) in [7, 11) is 0. The van der Waals surface area contributed by atoms with Crippen LogP contribution in [0.1, 0.15) is 45.4 Å². The molecule has 1 aliphatic heterocycles. The molecule has 4 bridgehead atoms. The summed E-state index contributed by atoms with van der Waals surface area (Å²) in [6.45, 7) is 5.95. The van der Waals surface area contributed by atoms with Crippen LogP contribution in [-0.2, 0) is 14.3 Å². The third-order valence-electron chi connectivity index (χ3n) is 8.46. The third kappa shape index (κ3) is 1.29. The van der Waals surface area contributed by atoms with Gasteiger partial charge >= 0.3 is 11.9 Å². The van der Waals surface area contributed by atoms with Crippen molar-refractivity contribution in [2.45, 2.75) is 57.2 Å². The van der Waals surface area contributed by atoms with Crippen LogP contribution in [0.25, 0.3) is 0 Å². The van der Waals surface area contributed by atoms with Crippen LogP contribution in [0.5, 0.6) is 0 Å². The third-order valence-corrected chi connectivity index (χ3v) is 8.46. The minimum absolute atomic E-state index is 0.0878. The molecule has 5 heteroatoms. The zero-order valence-electron chi connectivity index (χ0n) is 14.0. The number of allylic oxidation sites excluding steroid dienone is 1. The Hall–Kier alpha value is -1.36. The molecule has 1 unspecified atom stereocenters. The Morgan fingerprint density at radius 2 is 2.08 bits per heavy atom. The van der Waals surface area contributed by atoms with E-state index < -0.39 is 40.9 Å². The zero-order valence-corrected chi connectivity index (χ0v) is 14.0. The minimum atomic E-state index is -1.09. The van der Waals surface area contributed by atoms with E-state index in [0.29, 0.717) is 18.8 Å². The quantitative estimate of drug-likeness (QED) is 0.568. The Balaban J connectivity index is 1.76. The number of ether oxygens (including phenoxy) is 1. The molecule has 5 aliphatic rings. The number of rotatable bonds is 1. The highest BCUT2D eigenvalue weighted by atomic mass is 16.6. The van der Waals surface area contributed by atoms with Crippen molar-refractivity contribution in [1.82, 2.24) is 0 Å². The summed E-state index contributed by atoms with van der Waals surface area (Å²) in [4.78, 5) is 25.1. The number of aliphatic hydroxyl groups is 1. The highest BCUT2D eigenvalue weighted by Gasteiger charge is 2.83. The van der Waals surface area contributed by atoms with Crippen LogP contribution in [-0.4, -0.2) is 33.9 Å². The van der Waals surface area contributed by atoms with E-state index in [1.807, 2.05) is 0 Å². The monoisotopic (exact) mass is 332 g/mol. The molecule has 0 aromatic carbocycles. The van der Waals surface area contributed by atoms with Crippen molar-refractivity contribution < 1.29 is 24.5 Å². The normalized spacial score (nSPS) is 57.5. The number of hydrogen-bond acceptors (Lipinski definition) is 4. The smallest absolute Gasteiger partial charge is 0.315 e. The molecule has 4 aliphatic carbocycles. The Bertz CT molecular complexity index is 685. The highest BCUT2D eigenvalue weighted by molar-refractivity contribution is 5.85. The molecule has 0 aromatic heterocycles. The summed E-state index contributed by atoms with van der Waals surface area (Å²) in [5, 5.41) is 20.8. The van der Waals surface area contributed by atoms with E-state index in [-0.39, 0.29) is 11.3 Å². The van der Waals surface area contributed by atoms with Gasteiger partial charge in [-0.3, -0.25) is 9.59 Å². The molecule has 130 valence electrons. The Kier molecular flexibility index (Phi) is 2.53. The Labute approximate surface area is 141 Å². The van der Waals surface area contributed by atoms with Crippen LogP contribution in [0.4, 0.5) is 0 Å². The molecule has 5 rings (SSSR count). The maximum atomic E-state index is 12.7. The van der Waals surface area contributed by atoms with E-state index in [2.05, 4.69) is 6.58 Å². The van der Waals surface area contributed by atoms with Crippen molar-refractivity contribution >= 4 is 11.9 Å². The molecule has 2 N–H and O–H groups in total. The van der Waals surface area contributed by atoms with E-state index in [1.54, 1.807) is 6.92 Å². The molecule has 1 spiro atoms. The fraction of sp³-hybridized carbons (Fsp3) is 0.789. The largest absolute Gasteiger partial charge is 0.481 e. The maximum absolute atomic E-state index is 12.7. The predicted molar refractivity (Wildman–Crippen MR) is 83.8 cm³/mol. The number of aliphatic carboxylic acids is 1. The molecule has 0 radical (unpaired) electrons. The average molecular weight is 332 g/mol. The minimum Gasteiger partial charge on any atom is -0.481 e. The molecular formula is C19H24O5. The van der Waals surface area contributed by atoms with Crippen molar-refractivity contribution in [3.8, 4) is 0 Å². The average Bonchev–Trinajstić information content (AvgIpc) is 2.98. The zero-order chi connectivity index (χ0) is 17.1. The number of esters is 1. The van der Waals surface area contributed by atoms with Crippen molar-refractivity contribution in [2.24, 2.45) is 34.5 Å². The van der Waals surface area contributed by atoms with Crippen molar-refractivity contribution in [1.29, 1.82) is 0 Å². The first-order chi connectivity index (χ1) is 11.3. The lowest BCUT2D eigenvalue weighted by Crippen LogP contribution is -2.53. The van der Waals surface area contributed by atoms with Crippen molar-refractivity contribution in [3.05, 3.63) is 12.2 Å². The fourth-order valence-corrected chi connectivity index (χ4v) is 7.66. The molecule has 24 heavy (non-hydrogen) atoms. The van der Waals surface area contributed by atoms with Gasteiger partial charge in [-0.1, -0.05) is 12.2 Å². The second kappa shape index (κ2) is 4.06. The van der Waals surface area contributed by atoms with E-state index in [9.17, 15) is 19.8 Å². The molecule has 0 aromatic rings. The number of hydrogen-bond donors (Lipinski definition) is 2. The van der Waals surface area contributed by atoms with Crippen LogP contribution in [0, 0.1) is 34.5 Å². The Morgan fingerprint density at radius 1 is 1.33 bits per heavy atom. The fourth-order valence-electron chi connectivity index (χ4n) is 7.66. The van der Waals surface area contributed by atoms with Gasteiger partial charge in [-0.25, -0.2) is 0 Å². The van der Waals surface area contributed by atoms with E-state index in [0.717, 1.165) is 25.7 Å². The second-order valence-electron chi connectivity index (χ2n) is 9.07. The van der Waals surface area contributed by atoms with Gasteiger partial charge in [0.25, 0.3) is 0 Å². The summed E-state index contributed by atoms with van der Waals surface area (Å²) in [5.74, 6) is -1.78. The molecule has 8 atom stereocenters. The van der Waals surface area contributed by atoms with Crippen LogP contribution >= 0.6 is 0 Å². The first-order valence-electron chi connectivity index (χ1n) is 9.09. The van der Waals surface area contributed by atoms with Gasteiger partial charge in [0.15, 0.2) is 0 Å². The second-order valence-corrected chi connectivity index (χ2v) is 9.07. The van der Waals surface area contributed by atoms with E-state index in [4.69, 9.17) is 4.74 Å². The molecule has 1 heterocycles. The number of fused-ring (bicyclic) bond motifs is 1. The highest BCUT2D eigenvalue weighted by Crippen LogP contribution is 2.77. The van der Waals surface area contributed by atoms with Crippen LogP contribution in [0.2, 0.25) is 0 Å². The molecule has 4 saturated carbocycles. The van der Waals surface area contributed by atoms with E-state index in [1.165, 1.54) is 5.57 Å². The first kappa shape index (κ1) is 14.9. The van der Waals surface area contributed by atoms with Gasteiger partial charge in [0, 0.05) is 11.8 Å². The van der Waals surface area contributed by atoms with Gasteiger partial charge in [-0.05, 0) is 56.8 Å². The Morgan fingerprint density at radius 3 is 2.79 bits per heavy atom. The van der Waals surface area contributed by atoms with Crippen molar-refractivity contribution in [2.75, 3.05) is 0 Å². The SMILES string of the molecule is C=C1C[C@]23C[C@H]1CC[C@H]2[C@@]12CC[C@H](O)C(C)(C(=O)O1)[C@H]2[C@@H]3C(=O)O. The number of aliphatic hydroxyl groups excluding tert-OH is 1. The molecule has 5 nitrogen and oxygen atoms in total. The number of carboxylic acids is 1. The molecule has 1 saturated heterocycles.